The number of nitrogens with zero attached hydrogens (tertiary/aromatic N) is 2. The minimum atomic E-state index is -0.588. The van der Waals surface area contributed by atoms with Crippen LogP contribution in [0.3, 0.4) is 0 Å². The van der Waals surface area contributed by atoms with Gasteiger partial charge in [-0.25, -0.2) is 0 Å². The number of nitrogens with two attached hydrogens (primary N) is 1. The Morgan fingerprint density at radius 2 is 2.16 bits per heavy atom. The van der Waals surface area contributed by atoms with Gasteiger partial charge >= 0.3 is 5.97 Å². The van der Waals surface area contributed by atoms with E-state index < -0.39 is 5.91 Å². The van der Waals surface area contributed by atoms with E-state index in [-0.39, 0.29) is 18.2 Å². The van der Waals surface area contributed by atoms with Crippen LogP contribution in [0.2, 0.25) is 0 Å². The van der Waals surface area contributed by atoms with E-state index in [1.54, 1.807) is 19.1 Å². The van der Waals surface area contributed by atoms with Gasteiger partial charge in [-0.2, -0.15) is 0 Å². The summed E-state index contributed by atoms with van der Waals surface area (Å²) in [5.41, 5.74) is 6.11. The Kier molecular flexibility index (Phi) is 5.78. The zero-order valence-electron chi connectivity index (χ0n) is 11.3. The van der Waals surface area contributed by atoms with E-state index in [1.165, 1.54) is 6.20 Å². The van der Waals surface area contributed by atoms with Gasteiger partial charge in [0, 0.05) is 18.4 Å². The maximum atomic E-state index is 11.5. The number of carbonyl (C=O) groups excluding carboxylic acids is 2. The molecule has 1 amide bonds. The van der Waals surface area contributed by atoms with E-state index in [9.17, 15) is 9.59 Å². The van der Waals surface area contributed by atoms with Gasteiger partial charge in [0.25, 0.3) is 5.91 Å². The second-order valence-corrected chi connectivity index (χ2v) is 3.99. The summed E-state index contributed by atoms with van der Waals surface area (Å²) in [5, 5.41) is 0. The fraction of sp³-hybridized carbons (Fsp3) is 0.462. The average Bonchev–Trinajstić information content (AvgIpc) is 2.38. The summed E-state index contributed by atoms with van der Waals surface area (Å²) in [4.78, 5) is 28.4. The van der Waals surface area contributed by atoms with E-state index >= 15 is 0 Å². The van der Waals surface area contributed by atoms with Crippen LogP contribution in [0.4, 0.5) is 5.69 Å². The lowest BCUT2D eigenvalue weighted by atomic mass is 10.2. The Bertz CT molecular complexity index is 449. The Hall–Kier alpha value is -2.11. The van der Waals surface area contributed by atoms with Crippen LogP contribution < -0.4 is 10.6 Å². The Labute approximate surface area is 112 Å². The molecule has 19 heavy (non-hydrogen) atoms. The van der Waals surface area contributed by atoms with Crippen LogP contribution in [0.5, 0.6) is 0 Å². The third-order valence-electron chi connectivity index (χ3n) is 2.48. The summed E-state index contributed by atoms with van der Waals surface area (Å²) in [7, 11) is 0. The Morgan fingerprint density at radius 3 is 2.74 bits per heavy atom. The van der Waals surface area contributed by atoms with Gasteiger partial charge in [-0.15, -0.1) is 0 Å². The van der Waals surface area contributed by atoms with Crippen LogP contribution in [-0.2, 0) is 9.53 Å². The monoisotopic (exact) mass is 265 g/mol. The first-order valence-corrected chi connectivity index (χ1v) is 6.24. The predicted octanol–water partition coefficient (Wildman–Crippen LogP) is 0.960. The molecule has 0 aliphatic rings. The van der Waals surface area contributed by atoms with Crippen molar-refractivity contribution in [2.24, 2.45) is 5.73 Å². The highest BCUT2D eigenvalue weighted by molar-refractivity contribution is 5.91. The van der Waals surface area contributed by atoms with Crippen molar-refractivity contribution in [1.29, 1.82) is 0 Å². The number of aromatic nitrogens is 1. The fourth-order valence-electron chi connectivity index (χ4n) is 1.68. The summed E-state index contributed by atoms with van der Waals surface area (Å²) in [5.74, 6) is -0.886. The molecule has 1 heterocycles. The quantitative estimate of drug-likeness (QED) is 0.742. The number of anilines is 1. The Morgan fingerprint density at radius 1 is 1.42 bits per heavy atom. The van der Waals surface area contributed by atoms with Gasteiger partial charge in [-0.1, -0.05) is 6.92 Å². The van der Waals surface area contributed by atoms with E-state index in [1.807, 2.05) is 11.8 Å². The number of carbonyl (C=O) groups is 2. The molecule has 0 spiro atoms. The molecule has 0 saturated carbocycles. The minimum Gasteiger partial charge on any atom is -0.465 e. The van der Waals surface area contributed by atoms with Crippen molar-refractivity contribution in [2.45, 2.75) is 20.3 Å². The lowest BCUT2D eigenvalue weighted by molar-refractivity contribution is -0.141. The summed E-state index contributed by atoms with van der Waals surface area (Å²) in [6.45, 7) is 4.95. The van der Waals surface area contributed by atoms with Crippen LogP contribution in [0.25, 0.3) is 0 Å². The first-order chi connectivity index (χ1) is 9.08. The van der Waals surface area contributed by atoms with Gasteiger partial charge in [0.2, 0.25) is 0 Å². The number of amides is 1. The fourth-order valence-corrected chi connectivity index (χ4v) is 1.68. The van der Waals surface area contributed by atoms with Crippen molar-refractivity contribution >= 4 is 17.6 Å². The number of primary amides is 1. The Balaban J connectivity index is 2.88. The number of rotatable bonds is 7. The van der Waals surface area contributed by atoms with Crippen molar-refractivity contribution in [3.63, 3.8) is 0 Å². The van der Waals surface area contributed by atoms with Crippen molar-refractivity contribution in [2.75, 3.05) is 24.6 Å². The molecule has 1 aromatic heterocycles. The molecule has 1 rings (SSSR count). The molecule has 2 N–H and O–H groups in total. The lowest BCUT2D eigenvalue weighted by Gasteiger charge is -2.23. The molecule has 0 unspecified atom stereocenters. The summed E-state index contributed by atoms with van der Waals surface area (Å²) >= 11 is 0. The predicted molar refractivity (Wildman–Crippen MR) is 71.9 cm³/mol. The van der Waals surface area contributed by atoms with Gasteiger partial charge < -0.3 is 15.4 Å². The first kappa shape index (κ1) is 14.9. The number of pyridine rings is 1. The standard InChI is InChI=1S/C13H19N3O3/c1-3-7-16(9-12(17)19-4-2)10-5-6-15-11(8-10)13(14)18/h5-6,8H,3-4,7,9H2,1-2H3,(H2,14,18). The van der Waals surface area contributed by atoms with Crippen LogP contribution in [-0.4, -0.2) is 36.6 Å². The molecule has 6 heteroatoms. The molecule has 0 aromatic carbocycles. The van der Waals surface area contributed by atoms with Gasteiger partial charge in [0.05, 0.1) is 6.61 Å². The smallest absolute Gasteiger partial charge is 0.325 e. The zero-order valence-corrected chi connectivity index (χ0v) is 11.3. The zero-order chi connectivity index (χ0) is 14.3. The molecule has 0 atom stereocenters. The van der Waals surface area contributed by atoms with Crippen LogP contribution in [0, 0.1) is 0 Å². The molecule has 6 nitrogen and oxygen atoms in total. The van der Waals surface area contributed by atoms with Crippen molar-refractivity contribution in [3.05, 3.63) is 24.0 Å². The first-order valence-electron chi connectivity index (χ1n) is 6.24. The van der Waals surface area contributed by atoms with Crippen LogP contribution in [0.1, 0.15) is 30.8 Å². The van der Waals surface area contributed by atoms with E-state index in [0.717, 1.165) is 12.1 Å². The lowest BCUT2D eigenvalue weighted by Crippen LogP contribution is -2.32. The van der Waals surface area contributed by atoms with E-state index in [0.29, 0.717) is 13.2 Å². The number of ether oxygens (including phenoxy) is 1. The second kappa shape index (κ2) is 7.35. The highest BCUT2D eigenvalue weighted by Crippen LogP contribution is 2.15. The van der Waals surface area contributed by atoms with Crippen molar-refractivity contribution in [3.8, 4) is 0 Å². The molecule has 104 valence electrons. The number of esters is 1. The number of hydrogen-bond acceptors (Lipinski definition) is 5. The normalized spacial score (nSPS) is 10.0. The minimum absolute atomic E-state index is 0.143. The van der Waals surface area contributed by atoms with Gasteiger partial charge in [0.1, 0.15) is 12.2 Å². The maximum absolute atomic E-state index is 11.5. The summed E-state index contributed by atoms with van der Waals surface area (Å²) in [6, 6.07) is 3.32. The van der Waals surface area contributed by atoms with Crippen molar-refractivity contribution in [1.82, 2.24) is 4.98 Å². The van der Waals surface area contributed by atoms with Crippen LogP contribution >= 0.6 is 0 Å². The molecule has 0 radical (unpaired) electrons. The van der Waals surface area contributed by atoms with Crippen molar-refractivity contribution < 1.29 is 14.3 Å². The van der Waals surface area contributed by atoms with Crippen LogP contribution in [0.15, 0.2) is 18.3 Å². The molecule has 0 aliphatic heterocycles. The maximum Gasteiger partial charge on any atom is 0.325 e. The van der Waals surface area contributed by atoms with E-state index in [4.69, 9.17) is 10.5 Å². The molecular weight excluding hydrogens is 246 g/mol. The topological polar surface area (TPSA) is 85.5 Å². The van der Waals surface area contributed by atoms with E-state index in [2.05, 4.69) is 4.98 Å². The van der Waals surface area contributed by atoms with Gasteiger partial charge in [-0.05, 0) is 25.5 Å². The SMILES string of the molecule is CCCN(CC(=O)OCC)c1ccnc(C(N)=O)c1. The third-order valence-corrected chi connectivity index (χ3v) is 2.48. The largest absolute Gasteiger partial charge is 0.465 e. The molecule has 0 bridgehead atoms. The second-order valence-electron chi connectivity index (χ2n) is 3.99. The summed E-state index contributed by atoms with van der Waals surface area (Å²) < 4.78 is 4.93. The van der Waals surface area contributed by atoms with Gasteiger partial charge in [-0.3, -0.25) is 14.6 Å². The molecule has 0 aliphatic carbocycles. The molecular formula is C13H19N3O3. The highest BCUT2D eigenvalue weighted by Gasteiger charge is 2.13. The molecule has 0 saturated heterocycles. The molecule has 1 aromatic rings. The summed E-state index contributed by atoms with van der Waals surface area (Å²) in [6.07, 6.45) is 2.37. The molecule has 0 fully saturated rings. The third kappa shape index (κ3) is 4.57. The highest BCUT2D eigenvalue weighted by atomic mass is 16.5. The number of hydrogen-bond donors (Lipinski definition) is 1. The van der Waals surface area contributed by atoms with Gasteiger partial charge in [0.15, 0.2) is 0 Å². The average molecular weight is 265 g/mol.